The Morgan fingerprint density at radius 3 is 2.39 bits per heavy atom. The molecule has 3 nitrogen and oxygen atoms in total. The molecule has 1 amide bonds. The first kappa shape index (κ1) is 15.3. The van der Waals surface area contributed by atoms with Gasteiger partial charge in [0.05, 0.1) is 0 Å². The van der Waals surface area contributed by atoms with Gasteiger partial charge in [-0.15, -0.1) is 0 Å². The average Bonchev–Trinajstić information content (AvgIpc) is 2.79. The largest absolute Gasteiger partial charge is 0.404 e. The predicted octanol–water partition coefficient (Wildman–Crippen LogP) is 2.18. The monoisotopic (exact) mass is 266 g/mol. The van der Waals surface area contributed by atoms with E-state index in [1.165, 1.54) is 4.90 Å². The number of hydrogen-bond donors (Lipinski definition) is 1. The van der Waals surface area contributed by atoms with Crippen LogP contribution in [-0.2, 0) is 4.79 Å². The summed E-state index contributed by atoms with van der Waals surface area (Å²) in [4.78, 5) is 13.7. The van der Waals surface area contributed by atoms with Gasteiger partial charge < -0.3 is 10.2 Å². The van der Waals surface area contributed by atoms with Crippen LogP contribution >= 0.6 is 0 Å². The van der Waals surface area contributed by atoms with Gasteiger partial charge in [-0.05, 0) is 33.2 Å². The van der Waals surface area contributed by atoms with Crippen LogP contribution in [0.3, 0.4) is 0 Å². The van der Waals surface area contributed by atoms with Crippen molar-refractivity contribution in [1.29, 1.82) is 0 Å². The van der Waals surface area contributed by atoms with Crippen LogP contribution in [0.1, 0.15) is 33.6 Å². The number of amides is 1. The first-order valence-corrected chi connectivity index (χ1v) is 6.38. The van der Waals surface area contributed by atoms with Gasteiger partial charge in [-0.1, -0.05) is 6.92 Å². The van der Waals surface area contributed by atoms with Crippen LogP contribution in [0.5, 0.6) is 0 Å². The molecule has 1 N–H and O–H groups in total. The molecule has 0 aliphatic carbocycles. The van der Waals surface area contributed by atoms with Crippen molar-refractivity contribution in [2.45, 2.75) is 45.8 Å². The number of carbonyl (C=O) groups excluding carboxylic acids is 1. The number of hydrogen-bond acceptors (Lipinski definition) is 2. The third-order valence-corrected chi connectivity index (χ3v) is 3.83. The van der Waals surface area contributed by atoms with Crippen LogP contribution in [0.2, 0.25) is 0 Å². The Labute approximate surface area is 106 Å². The van der Waals surface area contributed by atoms with Crippen molar-refractivity contribution in [2.75, 3.05) is 19.6 Å². The van der Waals surface area contributed by atoms with Gasteiger partial charge in [0.2, 0.25) is 5.91 Å². The van der Waals surface area contributed by atoms with Gasteiger partial charge in [0.1, 0.15) is 0 Å². The van der Waals surface area contributed by atoms with E-state index in [2.05, 4.69) is 5.32 Å². The lowest BCUT2D eigenvalue weighted by molar-refractivity contribution is -0.222. The average molecular weight is 266 g/mol. The van der Waals surface area contributed by atoms with Crippen LogP contribution in [0.4, 0.5) is 13.2 Å². The predicted molar refractivity (Wildman–Crippen MR) is 63.1 cm³/mol. The molecule has 1 aliphatic rings. The SMILES string of the molecule is CCC(C)N(CC)C(=O)C1(C(F)(F)F)CCNC1. The Balaban J connectivity index is 3.03. The normalized spacial score (nSPS) is 26.1. The Bertz CT molecular complexity index is 298. The van der Waals surface area contributed by atoms with E-state index < -0.39 is 17.5 Å². The summed E-state index contributed by atoms with van der Waals surface area (Å²) in [6, 6.07) is -0.165. The summed E-state index contributed by atoms with van der Waals surface area (Å²) in [6.45, 7) is 5.62. The summed E-state index contributed by atoms with van der Waals surface area (Å²) in [6.07, 6.45) is -4.00. The second-order valence-corrected chi connectivity index (χ2v) is 4.86. The minimum atomic E-state index is -4.49. The summed E-state index contributed by atoms with van der Waals surface area (Å²) >= 11 is 0. The standard InChI is InChI=1S/C12H21F3N2O/c1-4-9(3)17(5-2)10(18)11(12(13,14)15)6-7-16-8-11/h9,16H,4-8H2,1-3H3. The van der Waals surface area contributed by atoms with Gasteiger partial charge in [0, 0.05) is 19.1 Å². The minimum Gasteiger partial charge on any atom is -0.339 e. The summed E-state index contributed by atoms with van der Waals surface area (Å²) in [5.74, 6) is -0.781. The van der Waals surface area contributed by atoms with E-state index >= 15 is 0 Å². The number of alkyl halides is 3. The van der Waals surface area contributed by atoms with Crippen LogP contribution in [-0.4, -0.2) is 42.7 Å². The van der Waals surface area contributed by atoms with Crippen LogP contribution in [0.15, 0.2) is 0 Å². The van der Waals surface area contributed by atoms with Gasteiger partial charge in [-0.2, -0.15) is 13.2 Å². The second kappa shape index (κ2) is 5.47. The van der Waals surface area contributed by atoms with E-state index in [-0.39, 0.29) is 25.6 Å². The lowest BCUT2D eigenvalue weighted by Crippen LogP contribution is -2.55. The van der Waals surface area contributed by atoms with E-state index in [1.54, 1.807) is 13.8 Å². The molecule has 6 heteroatoms. The molecule has 0 saturated carbocycles. The summed E-state index contributed by atoms with van der Waals surface area (Å²) in [5.41, 5.74) is -2.23. The van der Waals surface area contributed by atoms with Gasteiger partial charge in [-0.3, -0.25) is 4.79 Å². The van der Waals surface area contributed by atoms with Crippen molar-refractivity contribution >= 4 is 5.91 Å². The highest BCUT2D eigenvalue weighted by Crippen LogP contribution is 2.44. The Morgan fingerprint density at radius 1 is 1.44 bits per heavy atom. The molecule has 0 spiro atoms. The number of nitrogens with zero attached hydrogens (tertiary/aromatic N) is 1. The van der Waals surface area contributed by atoms with Crippen molar-refractivity contribution in [1.82, 2.24) is 10.2 Å². The first-order chi connectivity index (χ1) is 8.30. The third kappa shape index (κ3) is 2.48. The second-order valence-electron chi connectivity index (χ2n) is 4.86. The van der Waals surface area contributed by atoms with E-state index in [9.17, 15) is 18.0 Å². The molecular formula is C12H21F3N2O. The van der Waals surface area contributed by atoms with Gasteiger partial charge in [0.25, 0.3) is 0 Å². The van der Waals surface area contributed by atoms with E-state index in [1.807, 2.05) is 6.92 Å². The molecule has 0 bridgehead atoms. The molecule has 1 fully saturated rings. The molecular weight excluding hydrogens is 245 g/mol. The Hall–Kier alpha value is -0.780. The molecule has 1 heterocycles. The molecule has 1 rings (SSSR count). The number of rotatable bonds is 4. The fourth-order valence-corrected chi connectivity index (χ4v) is 2.39. The van der Waals surface area contributed by atoms with E-state index in [0.717, 1.165) is 0 Å². The fraction of sp³-hybridized carbons (Fsp3) is 0.917. The van der Waals surface area contributed by atoms with Crippen LogP contribution in [0, 0.1) is 5.41 Å². The Morgan fingerprint density at radius 2 is 2.06 bits per heavy atom. The molecule has 1 saturated heterocycles. The summed E-state index contributed by atoms with van der Waals surface area (Å²) in [7, 11) is 0. The third-order valence-electron chi connectivity index (χ3n) is 3.83. The number of halogens is 3. The quantitative estimate of drug-likeness (QED) is 0.846. The van der Waals surface area contributed by atoms with Crippen molar-refractivity contribution in [2.24, 2.45) is 5.41 Å². The molecule has 0 aromatic heterocycles. The van der Waals surface area contributed by atoms with E-state index in [4.69, 9.17) is 0 Å². The molecule has 0 aromatic carbocycles. The van der Waals surface area contributed by atoms with Gasteiger partial charge in [-0.25, -0.2) is 0 Å². The zero-order chi connectivity index (χ0) is 14.0. The molecule has 106 valence electrons. The van der Waals surface area contributed by atoms with Crippen LogP contribution < -0.4 is 5.32 Å². The maximum absolute atomic E-state index is 13.2. The maximum atomic E-state index is 13.2. The summed E-state index contributed by atoms with van der Waals surface area (Å²) < 4.78 is 39.7. The Kier molecular flexibility index (Phi) is 4.64. The van der Waals surface area contributed by atoms with Crippen molar-refractivity contribution in [3.8, 4) is 0 Å². The maximum Gasteiger partial charge on any atom is 0.404 e. The molecule has 0 radical (unpaired) electrons. The topological polar surface area (TPSA) is 32.3 Å². The van der Waals surface area contributed by atoms with Gasteiger partial charge >= 0.3 is 6.18 Å². The lowest BCUT2D eigenvalue weighted by atomic mass is 9.84. The highest BCUT2D eigenvalue weighted by atomic mass is 19.4. The van der Waals surface area contributed by atoms with Crippen molar-refractivity contribution in [3.05, 3.63) is 0 Å². The molecule has 18 heavy (non-hydrogen) atoms. The van der Waals surface area contributed by atoms with Gasteiger partial charge in [0.15, 0.2) is 5.41 Å². The zero-order valence-corrected chi connectivity index (χ0v) is 11.1. The molecule has 2 atom stereocenters. The van der Waals surface area contributed by atoms with Crippen molar-refractivity contribution < 1.29 is 18.0 Å². The highest BCUT2D eigenvalue weighted by Gasteiger charge is 2.62. The smallest absolute Gasteiger partial charge is 0.339 e. The summed E-state index contributed by atoms with van der Waals surface area (Å²) in [5, 5.41) is 2.67. The number of nitrogens with one attached hydrogen (secondary N) is 1. The fourth-order valence-electron chi connectivity index (χ4n) is 2.39. The highest BCUT2D eigenvalue weighted by molar-refractivity contribution is 5.84. The first-order valence-electron chi connectivity index (χ1n) is 6.38. The minimum absolute atomic E-state index is 0.164. The van der Waals surface area contributed by atoms with Crippen molar-refractivity contribution in [3.63, 3.8) is 0 Å². The number of carbonyl (C=O) groups is 1. The molecule has 2 unspecified atom stereocenters. The molecule has 1 aliphatic heterocycles. The molecule has 0 aromatic rings. The van der Waals surface area contributed by atoms with Crippen LogP contribution in [0.25, 0.3) is 0 Å². The van der Waals surface area contributed by atoms with E-state index in [0.29, 0.717) is 13.0 Å². The zero-order valence-electron chi connectivity index (χ0n) is 11.1. The lowest BCUT2D eigenvalue weighted by Gasteiger charge is -2.37.